The summed E-state index contributed by atoms with van der Waals surface area (Å²) in [6.45, 7) is 4.10. The number of thioether (sulfide) groups is 1. The van der Waals surface area contributed by atoms with Crippen LogP contribution < -0.4 is 19.7 Å². The Morgan fingerprint density at radius 2 is 1.82 bits per heavy atom. The van der Waals surface area contributed by atoms with Gasteiger partial charge in [0, 0.05) is 10.4 Å². The first-order valence-electron chi connectivity index (χ1n) is 14.1. The molecule has 0 radical (unpaired) electrons. The minimum absolute atomic E-state index is 0.179. The maximum absolute atomic E-state index is 14.0. The van der Waals surface area contributed by atoms with Crippen molar-refractivity contribution in [2.75, 3.05) is 31.4 Å². The van der Waals surface area contributed by atoms with Gasteiger partial charge in [-0.25, -0.2) is 4.68 Å². The van der Waals surface area contributed by atoms with E-state index in [0.29, 0.717) is 34.3 Å². The number of fused-ring (bicyclic) bond motifs is 1. The van der Waals surface area contributed by atoms with Crippen molar-refractivity contribution in [3.05, 3.63) is 99.6 Å². The highest BCUT2D eigenvalue weighted by atomic mass is 32.2. The van der Waals surface area contributed by atoms with Crippen LogP contribution >= 0.6 is 23.1 Å². The van der Waals surface area contributed by atoms with E-state index in [0.717, 1.165) is 27.3 Å². The maximum atomic E-state index is 14.0. The van der Waals surface area contributed by atoms with Crippen molar-refractivity contribution >= 4 is 40.7 Å². The third-order valence-corrected chi connectivity index (χ3v) is 10.0. The molecule has 0 saturated carbocycles. The molecule has 11 heteroatoms. The fourth-order valence-electron chi connectivity index (χ4n) is 5.38. The van der Waals surface area contributed by atoms with Crippen LogP contribution in [0.4, 0.5) is 5.82 Å². The summed E-state index contributed by atoms with van der Waals surface area (Å²) in [5.41, 5.74) is 5.01. The molecule has 1 N–H and O–H groups in total. The fraction of sp³-hybridized carbons (Fsp3) is 0.242. The number of methoxy groups -OCH3 is 2. The average Bonchev–Trinajstić information content (AvgIpc) is 3.81. The van der Waals surface area contributed by atoms with Crippen LogP contribution in [0.15, 0.2) is 76.7 Å². The highest BCUT2D eigenvalue weighted by molar-refractivity contribution is 8.00. The van der Waals surface area contributed by atoms with Crippen LogP contribution in [0.5, 0.6) is 11.5 Å². The van der Waals surface area contributed by atoms with Crippen LogP contribution in [-0.2, 0) is 16.1 Å². The standard InChI is InChI=1S/C33H32N4O5S2/c1-20-9-5-11-23(21(20)2)37-33-30(31(35-37)29-24(40-3)12-6-13-25(29)41-4)32(26-14-8-16-43-26)44-19-28(39)36(33)18-27(38)34-17-22-10-7-15-42-22/h5-16,32H,17-19H2,1-4H3,(H,34,38)/t32-/m0/s1. The highest BCUT2D eigenvalue weighted by Crippen LogP contribution is 2.52. The Balaban J connectivity index is 1.61. The van der Waals surface area contributed by atoms with Crippen molar-refractivity contribution in [3.63, 3.8) is 0 Å². The van der Waals surface area contributed by atoms with Gasteiger partial charge in [0.25, 0.3) is 0 Å². The largest absolute Gasteiger partial charge is 0.496 e. The van der Waals surface area contributed by atoms with Gasteiger partial charge in [-0.15, -0.1) is 23.1 Å². The van der Waals surface area contributed by atoms with E-state index in [1.54, 1.807) is 48.9 Å². The SMILES string of the molecule is COc1cccc(OC)c1-c1nn(-c2cccc(C)c2C)c2c1[C@H](c1cccs1)SCC(=O)N2CC(=O)NCc1ccco1. The number of aryl methyl sites for hydroxylation is 1. The first-order valence-corrected chi connectivity index (χ1v) is 16.0. The monoisotopic (exact) mass is 628 g/mol. The average molecular weight is 629 g/mol. The molecule has 9 nitrogen and oxygen atoms in total. The molecule has 0 unspecified atom stereocenters. The Bertz CT molecular complexity index is 1770. The van der Waals surface area contributed by atoms with E-state index in [-0.39, 0.29) is 35.9 Å². The van der Waals surface area contributed by atoms with E-state index >= 15 is 0 Å². The van der Waals surface area contributed by atoms with Gasteiger partial charge in [-0.1, -0.05) is 24.3 Å². The minimum Gasteiger partial charge on any atom is -0.496 e. The molecule has 0 fully saturated rings. The smallest absolute Gasteiger partial charge is 0.240 e. The second-order valence-electron chi connectivity index (χ2n) is 10.3. The second-order valence-corrected chi connectivity index (χ2v) is 12.4. The lowest BCUT2D eigenvalue weighted by Crippen LogP contribution is -2.42. The summed E-state index contributed by atoms with van der Waals surface area (Å²) >= 11 is 3.14. The number of carbonyl (C=O) groups is 2. The number of aromatic nitrogens is 2. The number of hydrogen-bond acceptors (Lipinski definition) is 8. The molecule has 2 aromatic carbocycles. The molecular weight excluding hydrogens is 597 g/mol. The van der Waals surface area contributed by atoms with E-state index in [9.17, 15) is 9.59 Å². The van der Waals surface area contributed by atoms with Crippen LogP contribution in [0.3, 0.4) is 0 Å². The molecule has 1 atom stereocenters. The second kappa shape index (κ2) is 12.6. The lowest BCUT2D eigenvalue weighted by atomic mass is 10.0. The topological polar surface area (TPSA) is 98.8 Å². The van der Waals surface area contributed by atoms with E-state index in [1.807, 2.05) is 66.4 Å². The van der Waals surface area contributed by atoms with E-state index in [4.69, 9.17) is 19.0 Å². The Morgan fingerprint density at radius 1 is 1.05 bits per heavy atom. The first kappa shape index (κ1) is 29.6. The van der Waals surface area contributed by atoms with Gasteiger partial charge in [0.05, 0.1) is 49.3 Å². The van der Waals surface area contributed by atoms with Gasteiger partial charge >= 0.3 is 0 Å². The lowest BCUT2D eigenvalue weighted by molar-refractivity contribution is -0.123. The zero-order chi connectivity index (χ0) is 30.8. The number of anilines is 1. The van der Waals surface area contributed by atoms with Gasteiger partial charge < -0.3 is 19.2 Å². The minimum atomic E-state index is -0.314. The van der Waals surface area contributed by atoms with Crippen molar-refractivity contribution in [1.82, 2.24) is 15.1 Å². The Hall–Kier alpha value is -4.48. The molecule has 44 heavy (non-hydrogen) atoms. The van der Waals surface area contributed by atoms with Gasteiger partial charge in [0.1, 0.15) is 35.3 Å². The highest BCUT2D eigenvalue weighted by Gasteiger charge is 2.39. The number of nitrogens with one attached hydrogen (secondary N) is 1. The molecule has 0 bridgehead atoms. The third-order valence-electron chi connectivity index (χ3n) is 7.70. The predicted octanol–water partition coefficient (Wildman–Crippen LogP) is 6.31. The van der Waals surface area contributed by atoms with Gasteiger partial charge in [0.15, 0.2) is 0 Å². The number of carbonyl (C=O) groups excluding carboxylic acids is 2. The molecule has 6 rings (SSSR count). The fourth-order valence-corrected chi connectivity index (χ4v) is 7.56. The van der Waals surface area contributed by atoms with Crippen molar-refractivity contribution in [3.8, 4) is 28.4 Å². The van der Waals surface area contributed by atoms with E-state index in [1.165, 1.54) is 11.8 Å². The molecule has 5 aromatic rings. The van der Waals surface area contributed by atoms with Gasteiger partial charge in [-0.2, -0.15) is 5.10 Å². The van der Waals surface area contributed by atoms with Crippen LogP contribution in [0.25, 0.3) is 16.9 Å². The van der Waals surface area contributed by atoms with E-state index in [2.05, 4.69) is 11.4 Å². The van der Waals surface area contributed by atoms with Gasteiger partial charge in [-0.3, -0.25) is 14.5 Å². The van der Waals surface area contributed by atoms with Crippen LogP contribution in [0.2, 0.25) is 0 Å². The van der Waals surface area contributed by atoms with Crippen molar-refractivity contribution in [2.24, 2.45) is 0 Å². The summed E-state index contributed by atoms with van der Waals surface area (Å²) in [5.74, 6) is 2.03. The Labute approximate surface area is 263 Å². The lowest BCUT2D eigenvalue weighted by Gasteiger charge is -2.24. The van der Waals surface area contributed by atoms with Crippen molar-refractivity contribution < 1.29 is 23.5 Å². The molecule has 1 aliphatic heterocycles. The number of benzene rings is 2. The van der Waals surface area contributed by atoms with Crippen LogP contribution in [0, 0.1) is 13.8 Å². The maximum Gasteiger partial charge on any atom is 0.240 e. The number of rotatable bonds is 9. The molecule has 4 heterocycles. The summed E-state index contributed by atoms with van der Waals surface area (Å²) in [4.78, 5) is 30.1. The quantitative estimate of drug-likeness (QED) is 0.204. The normalized spacial score (nSPS) is 14.7. The molecule has 1 aliphatic rings. The van der Waals surface area contributed by atoms with Crippen LogP contribution in [0.1, 0.15) is 32.6 Å². The summed E-state index contributed by atoms with van der Waals surface area (Å²) in [6, 6.07) is 19.2. The van der Waals surface area contributed by atoms with Crippen molar-refractivity contribution in [1.29, 1.82) is 0 Å². The summed E-state index contributed by atoms with van der Waals surface area (Å²) < 4.78 is 18.9. The van der Waals surface area contributed by atoms with Gasteiger partial charge in [0.2, 0.25) is 11.8 Å². The van der Waals surface area contributed by atoms with Gasteiger partial charge in [-0.05, 0) is 66.8 Å². The Kier molecular flexibility index (Phi) is 8.49. The first-order chi connectivity index (χ1) is 21.4. The predicted molar refractivity (Wildman–Crippen MR) is 173 cm³/mol. The molecule has 0 saturated heterocycles. The molecule has 3 aromatic heterocycles. The number of thiophene rings is 1. The Morgan fingerprint density at radius 3 is 2.50 bits per heavy atom. The molecule has 2 amide bonds. The van der Waals surface area contributed by atoms with Crippen LogP contribution in [-0.4, -0.2) is 48.1 Å². The number of hydrogen-bond donors (Lipinski definition) is 1. The summed E-state index contributed by atoms with van der Waals surface area (Å²) in [5, 5.41) is 9.92. The zero-order valence-electron chi connectivity index (χ0n) is 24.8. The zero-order valence-corrected chi connectivity index (χ0v) is 26.5. The number of amides is 2. The summed E-state index contributed by atoms with van der Waals surface area (Å²) in [7, 11) is 3.23. The molecule has 0 aliphatic carbocycles. The number of ether oxygens (including phenoxy) is 2. The molecular formula is C33H32N4O5S2. The number of nitrogens with zero attached hydrogens (tertiary/aromatic N) is 3. The molecule has 226 valence electrons. The summed E-state index contributed by atoms with van der Waals surface area (Å²) in [6.07, 6.45) is 1.56. The third kappa shape index (κ3) is 5.48. The van der Waals surface area contributed by atoms with Crippen molar-refractivity contribution in [2.45, 2.75) is 25.6 Å². The molecule has 0 spiro atoms. The number of furan rings is 1. The van der Waals surface area contributed by atoms with E-state index < -0.39 is 0 Å².